The van der Waals surface area contributed by atoms with Crippen LogP contribution in [0.15, 0.2) is 0 Å². The van der Waals surface area contributed by atoms with Crippen molar-refractivity contribution in [2.45, 2.75) is 18.4 Å². The number of hydrogen-bond acceptors (Lipinski definition) is 4. The van der Waals surface area contributed by atoms with Crippen LogP contribution < -0.4 is 5.32 Å². The molecule has 0 spiro atoms. The Morgan fingerprint density at radius 1 is 1.54 bits per heavy atom. The lowest BCUT2D eigenvalue weighted by Gasteiger charge is -2.38. The van der Waals surface area contributed by atoms with Crippen molar-refractivity contribution < 1.29 is 9.53 Å². The standard InChI is InChI=1S/C9H18N2O2/c1-10-7-9(13-8-12)3-5-11(2)6-4-9/h8,10H,3-7H2,1-2H3. The van der Waals surface area contributed by atoms with Crippen molar-refractivity contribution in [2.75, 3.05) is 33.7 Å². The number of rotatable bonds is 4. The van der Waals surface area contributed by atoms with Crippen molar-refractivity contribution >= 4 is 6.47 Å². The Hall–Kier alpha value is -0.610. The fourth-order valence-corrected chi connectivity index (χ4v) is 1.79. The van der Waals surface area contributed by atoms with Gasteiger partial charge in [-0.2, -0.15) is 0 Å². The minimum Gasteiger partial charge on any atom is -0.460 e. The van der Waals surface area contributed by atoms with Crippen LogP contribution in [0.1, 0.15) is 12.8 Å². The molecule has 1 aliphatic rings. The van der Waals surface area contributed by atoms with Crippen molar-refractivity contribution in [3.63, 3.8) is 0 Å². The van der Waals surface area contributed by atoms with E-state index >= 15 is 0 Å². The summed E-state index contributed by atoms with van der Waals surface area (Å²) in [4.78, 5) is 12.6. The molecule has 1 N–H and O–H groups in total. The van der Waals surface area contributed by atoms with E-state index in [0.717, 1.165) is 32.5 Å². The average molecular weight is 186 g/mol. The molecule has 1 fully saturated rings. The molecule has 76 valence electrons. The van der Waals surface area contributed by atoms with Gasteiger partial charge in [-0.1, -0.05) is 0 Å². The van der Waals surface area contributed by atoms with Crippen LogP contribution in [0, 0.1) is 0 Å². The van der Waals surface area contributed by atoms with Gasteiger partial charge in [0.1, 0.15) is 5.60 Å². The maximum atomic E-state index is 10.4. The second kappa shape index (κ2) is 4.58. The van der Waals surface area contributed by atoms with Crippen LogP contribution in [0.2, 0.25) is 0 Å². The van der Waals surface area contributed by atoms with Gasteiger partial charge >= 0.3 is 0 Å². The third-order valence-electron chi connectivity index (χ3n) is 2.70. The van der Waals surface area contributed by atoms with Crippen LogP contribution in [-0.2, 0) is 9.53 Å². The van der Waals surface area contributed by atoms with Gasteiger partial charge in [-0.15, -0.1) is 0 Å². The third kappa shape index (κ3) is 2.67. The molecule has 0 aliphatic carbocycles. The first-order valence-corrected chi connectivity index (χ1v) is 4.67. The summed E-state index contributed by atoms with van der Waals surface area (Å²) in [6.45, 7) is 3.31. The SMILES string of the molecule is CNCC1(OC=O)CCN(C)CC1. The van der Waals surface area contributed by atoms with Gasteiger partial charge in [-0.25, -0.2) is 0 Å². The Morgan fingerprint density at radius 2 is 2.15 bits per heavy atom. The molecule has 1 aliphatic heterocycles. The van der Waals surface area contributed by atoms with E-state index in [9.17, 15) is 4.79 Å². The Balaban J connectivity index is 2.51. The van der Waals surface area contributed by atoms with Crippen molar-refractivity contribution in [3.8, 4) is 0 Å². The zero-order valence-corrected chi connectivity index (χ0v) is 8.38. The maximum absolute atomic E-state index is 10.4. The first-order valence-electron chi connectivity index (χ1n) is 4.67. The molecule has 0 atom stereocenters. The molecule has 13 heavy (non-hydrogen) atoms. The second-order valence-electron chi connectivity index (χ2n) is 3.73. The summed E-state index contributed by atoms with van der Waals surface area (Å²) >= 11 is 0. The molecule has 0 aromatic carbocycles. The molecule has 0 aromatic heterocycles. The molecule has 4 nitrogen and oxygen atoms in total. The fourth-order valence-electron chi connectivity index (χ4n) is 1.79. The number of likely N-dealkylation sites (tertiary alicyclic amines) is 1. The Kier molecular flexibility index (Phi) is 3.69. The van der Waals surface area contributed by atoms with Gasteiger partial charge in [0.05, 0.1) is 0 Å². The van der Waals surface area contributed by atoms with Gasteiger partial charge in [0.15, 0.2) is 0 Å². The van der Waals surface area contributed by atoms with Crippen LogP contribution in [0.4, 0.5) is 0 Å². The molecule has 1 heterocycles. The summed E-state index contributed by atoms with van der Waals surface area (Å²) < 4.78 is 5.19. The smallest absolute Gasteiger partial charge is 0.293 e. The molecular formula is C9H18N2O2. The summed E-state index contributed by atoms with van der Waals surface area (Å²) in [6.07, 6.45) is 1.84. The van der Waals surface area contributed by atoms with Crippen LogP contribution in [0.5, 0.6) is 0 Å². The van der Waals surface area contributed by atoms with Gasteiger partial charge in [0.25, 0.3) is 6.47 Å². The zero-order valence-electron chi connectivity index (χ0n) is 8.38. The van der Waals surface area contributed by atoms with E-state index in [1.165, 1.54) is 0 Å². The van der Waals surface area contributed by atoms with Gasteiger partial charge in [0.2, 0.25) is 0 Å². The van der Waals surface area contributed by atoms with E-state index in [4.69, 9.17) is 4.74 Å². The lowest BCUT2D eigenvalue weighted by Crippen LogP contribution is -2.50. The largest absolute Gasteiger partial charge is 0.460 e. The Morgan fingerprint density at radius 3 is 2.62 bits per heavy atom. The number of hydrogen-bond donors (Lipinski definition) is 1. The number of carbonyl (C=O) groups excluding carboxylic acids is 1. The zero-order chi connectivity index (χ0) is 9.73. The first kappa shape index (κ1) is 10.5. The fraction of sp³-hybridized carbons (Fsp3) is 0.889. The maximum Gasteiger partial charge on any atom is 0.293 e. The van der Waals surface area contributed by atoms with Crippen molar-refractivity contribution in [2.24, 2.45) is 0 Å². The summed E-state index contributed by atoms with van der Waals surface area (Å²) in [7, 11) is 3.97. The Labute approximate surface area is 79.2 Å². The molecular weight excluding hydrogens is 168 g/mol. The van der Waals surface area contributed by atoms with Gasteiger partial charge in [-0.05, 0) is 14.1 Å². The Bertz CT molecular complexity index is 165. The van der Waals surface area contributed by atoms with Gasteiger partial charge < -0.3 is 15.0 Å². The third-order valence-corrected chi connectivity index (χ3v) is 2.70. The molecule has 1 rings (SSSR count). The molecule has 0 saturated carbocycles. The topological polar surface area (TPSA) is 41.6 Å². The minimum absolute atomic E-state index is 0.261. The number of nitrogens with zero attached hydrogens (tertiary/aromatic N) is 1. The molecule has 0 amide bonds. The minimum atomic E-state index is -0.261. The number of piperidine rings is 1. The first-order chi connectivity index (χ1) is 6.22. The summed E-state index contributed by atoms with van der Waals surface area (Å²) in [5.74, 6) is 0. The lowest BCUT2D eigenvalue weighted by molar-refractivity contribution is -0.147. The molecule has 1 saturated heterocycles. The number of carbonyl (C=O) groups is 1. The van der Waals surface area contributed by atoms with E-state index in [1.807, 2.05) is 7.05 Å². The molecule has 0 aromatic rings. The molecule has 0 radical (unpaired) electrons. The lowest BCUT2D eigenvalue weighted by atomic mass is 9.91. The van der Waals surface area contributed by atoms with Crippen LogP contribution in [-0.4, -0.2) is 50.7 Å². The second-order valence-corrected chi connectivity index (χ2v) is 3.73. The van der Waals surface area contributed by atoms with E-state index in [2.05, 4.69) is 17.3 Å². The summed E-state index contributed by atoms with van der Waals surface area (Å²) in [5.41, 5.74) is -0.261. The van der Waals surface area contributed by atoms with Crippen LogP contribution in [0.25, 0.3) is 0 Å². The van der Waals surface area contributed by atoms with E-state index in [0.29, 0.717) is 6.47 Å². The highest BCUT2D eigenvalue weighted by atomic mass is 16.5. The van der Waals surface area contributed by atoms with Crippen molar-refractivity contribution in [1.82, 2.24) is 10.2 Å². The van der Waals surface area contributed by atoms with Crippen LogP contribution in [0.3, 0.4) is 0 Å². The number of likely N-dealkylation sites (N-methyl/N-ethyl adjacent to an activating group) is 1. The quantitative estimate of drug-likeness (QED) is 0.620. The molecule has 0 bridgehead atoms. The number of ether oxygens (including phenoxy) is 1. The van der Waals surface area contributed by atoms with Gasteiger partial charge in [0, 0.05) is 32.5 Å². The normalized spacial score (nSPS) is 22.6. The van der Waals surface area contributed by atoms with Crippen LogP contribution >= 0.6 is 0 Å². The monoisotopic (exact) mass is 186 g/mol. The highest BCUT2D eigenvalue weighted by Gasteiger charge is 2.34. The predicted octanol–water partition coefficient (Wildman–Crippen LogP) is -0.157. The highest BCUT2D eigenvalue weighted by Crippen LogP contribution is 2.24. The molecule has 4 heteroatoms. The van der Waals surface area contributed by atoms with E-state index in [1.54, 1.807) is 0 Å². The number of nitrogens with one attached hydrogen (secondary N) is 1. The van der Waals surface area contributed by atoms with E-state index in [-0.39, 0.29) is 5.60 Å². The summed E-state index contributed by atoms with van der Waals surface area (Å²) in [5, 5.41) is 3.08. The average Bonchev–Trinajstić information content (AvgIpc) is 2.11. The van der Waals surface area contributed by atoms with E-state index < -0.39 is 0 Å². The summed E-state index contributed by atoms with van der Waals surface area (Å²) in [6, 6.07) is 0. The highest BCUT2D eigenvalue weighted by molar-refractivity contribution is 5.38. The van der Waals surface area contributed by atoms with Crippen molar-refractivity contribution in [3.05, 3.63) is 0 Å². The molecule has 0 unspecified atom stereocenters. The van der Waals surface area contributed by atoms with Gasteiger partial charge in [-0.3, -0.25) is 4.79 Å². The predicted molar refractivity (Wildman–Crippen MR) is 50.5 cm³/mol. The van der Waals surface area contributed by atoms with Crippen molar-refractivity contribution in [1.29, 1.82) is 0 Å².